The van der Waals surface area contributed by atoms with E-state index in [4.69, 9.17) is 22.1 Å². The van der Waals surface area contributed by atoms with Gasteiger partial charge in [-0.3, -0.25) is 14.5 Å². The highest BCUT2D eigenvalue weighted by molar-refractivity contribution is 6.30. The minimum Gasteiger partial charge on any atom is -0.381 e. The molecule has 2 saturated heterocycles. The third-order valence-electron chi connectivity index (χ3n) is 7.92. The van der Waals surface area contributed by atoms with Crippen LogP contribution in [0.3, 0.4) is 0 Å². The van der Waals surface area contributed by atoms with Gasteiger partial charge in [-0.05, 0) is 74.3 Å². The standard InChI is InChI=1S/C26H38ClN3O3/c1-17-14-29(9-10-30(17)26(32)19-6-3-4-7-19)15-21-12-22(27)13-23(18(21)2)24(25(28)31)20-8-5-11-33-16-20/h12-13,17,19-20,24H,3-11,14-16H2,1-2H3,(H2,28,31)/t17-,20?,24?/m0/s1. The molecule has 1 aromatic rings. The second-order valence-electron chi connectivity index (χ2n) is 10.2. The molecule has 4 rings (SSSR count). The monoisotopic (exact) mass is 475 g/mol. The summed E-state index contributed by atoms with van der Waals surface area (Å²) < 4.78 is 5.65. The van der Waals surface area contributed by atoms with Gasteiger partial charge >= 0.3 is 0 Å². The quantitative estimate of drug-likeness (QED) is 0.677. The smallest absolute Gasteiger partial charge is 0.226 e. The van der Waals surface area contributed by atoms with Gasteiger partial charge in [-0.25, -0.2) is 0 Å². The Balaban J connectivity index is 1.48. The van der Waals surface area contributed by atoms with Crippen LogP contribution >= 0.6 is 11.6 Å². The molecule has 0 bridgehead atoms. The number of amides is 2. The van der Waals surface area contributed by atoms with E-state index in [2.05, 4.69) is 23.6 Å². The Labute approximate surface area is 202 Å². The summed E-state index contributed by atoms with van der Waals surface area (Å²) in [7, 11) is 0. The fraction of sp³-hybridized carbons (Fsp3) is 0.692. The maximum atomic E-state index is 12.9. The first-order valence-corrected chi connectivity index (χ1v) is 12.9. The van der Waals surface area contributed by atoms with Crippen molar-refractivity contribution >= 4 is 23.4 Å². The molecule has 0 spiro atoms. The minimum atomic E-state index is -0.387. The fourth-order valence-electron chi connectivity index (χ4n) is 6.07. The van der Waals surface area contributed by atoms with E-state index >= 15 is 0 Å². The van der Waals surface area contributed by atoms with E-state index in [1.807, 2.05) is 12.1 Å². The average molecular weight is 476 g/mol. The summed E-state index contributed by atoms with van der Waals surface area (Å²) in [6, 6.07) is 4.12. The molecule has 0 aromatic heterocycles. The predicted molar refractivity (Wildman–Crippen MR) is 130 cm³/mol. The van der Waals surface area contributed by atoms with Crippen molar-refractivity contribution in [2.45, 2.75) is 70.9 Å². The average Bonchev–Trinajstić information content (AvgIpc) is 3.32. The number of hydrogen-bond donors (Lipinski definition) is 1. The first kappa shape index (κ1) is 24.5. The van der Waals surface area contributed by atoms with Gasteiger partial charge in [-0.1, -0.05) is 24.4 Å². The topological polar surface area (TPSA) is 75.9 Å². The van der Waals surface area contributed by atoms with E-state index in [1.54, 1.807) is 0 Å². The molecule has 1 aromatic carbocycles. The lowest BCUT2D eigenvalue weighted by molar-refractivity contribution is -0.140. The Morgan fingerprint density at radius 1 is 1.18 bits per heavy atom. The largest absolute Gasteiger partial charge is 0.381 e. The SMILES string of the molecule is Cc1c(CN2CCN(C(=O)C3CCCC3)[C@@H](C)C2)cc(Cl)cc1C(C(N)=O)C1CCCOC1. The zero-order chi connectivity index (χ0) is 23.5. The van der Waals surface area contributed by atoms with Crippen molar-refractivity contribution in [1.82, 2.24) is 9.80 Å². The number of carbonyl (C=O) groups is 2. The maximum absolute atomic E-state index is 12.9. The Kier molecular flexibility index (Phi) is 7.98. The minimum absolute atomic E-state index is 0.0893. The highest BCUT2D eigenvalue weighted by Gasteiger charge is 2.34. The predicted octanol–water partition coefficient (Wildman–Crippen LogP) is 3.87. The van der Waals surface area contributed by atoms with Crippen LogP contribution in [0, 0.1) is 18.8 Å². The van der Waals surface area contributed by atoms with Crippen molar-refractivity contribution in [2.24, 2.45) is 17.6 Å². The molecule has 2 unspecified atom stereocenters. The van der Waals surface area contributed by atoms with Crippen LogP contribution in [-0.4, -0.2) is 60.5 Å². The zero-order valence-corrected chi connectivity index (χ0v) is 20.8. The Morgan fingerprint density at radius 2 is 1.94 bits per heavy atom. The molecule has 182 valence electrons. The number of carbonyl (C=O) groups excluding carboxylic acids is 2. The van der Waals surface area contributed by atoms with Crippen LogP contribution in [0.15, 0.2) is 12.1 Å². The molecule has 1 saturated carbocycles. The van der Waals surface area contributed by atoms with E-state index in [9.17, 15) is 9.59 Å². The van der Waals surface area contributed by atoms with Crippen LogP contribution in [0.4, 0.5) is 0 Å². The normalized spacial score (nSPS) is 25.8. The molecule has 6 nitrogen and oxygen atoms in total. The Bertz CT molecular complexity index is 865. The maximum Gasteiger partial charge on any atom is 0.226 e. The number of hydrogen-bond acceptors (Lipinski definition) is 4. The van der Waals surface area contributed by atoms with E-state index < -0.39 is 0 Å². The number of ether oxygens (including phenoxy) is 1. The number of nitrogens with zero attached hydrogens (tertiary/aromatic N) is 2. The van der Waals surface area contributed by atoms with Gasteiger partial charge in [0.15, 0.2) is 0 Å². The second-order valence-corrected chi connectivity index (χ2v) is 10.7. The molecule has 7 heteroatoms. The number of rotatable bonds is 6. The third kappa shape index (κ3) is 5.55. The van der Waals surface area contributed by atoms with Gasteiger partial charge in [-0.2, -0.15) is 0 Å². The first-order valence-electron chi connectivity index (χ1n) is 12.5. The van der Waals surface area contributed by atoms with Crippen LogP contribution in [0.25, 0.3) is 0 Å². The lowest BCUT2D eigenvalue weighted by Crippen LogP contribution is -2.54. The number of primary amides is 1. The van der Waals surface area contributed by atoms with Crippen molar-refractivity contribution in [3.8, 4) is 0 Å². The third-order valence-corrected chi connectivity index (χ3v) is 8.14. The number of nitrogens with two attached hydrogens (primary N) is 1. The van der Waals surface area contributed by atoms with Crippen molar-refractivity contribution < 1.29 is 14.3 Å². The molecular weight excluding hydrogens is 438 g/mol. The summed E-state index contributed by atoms with van der Waals surface area (Å²) in [5.41, 5.74) is 9.03. The number of benzene rings is 1. The van der Waals surface area contributed by atoms with Crippen LogP contribution in [0.1, 0.15) is 68.1 Å². The molecule has 3 aliphatic rings. The molecule has 33 heavy (non-hydrogen) atoms. The van der Waals surface area contributed by atoms with E-state index in [0.29, 0.717) is 17.5 Å². The van der Waals surface area contributed by atoms with E-state index in [1.165, 1.54) is 12.8 Å². The fourth-order valence-corrected chi connectivity index (χ4v) is 6.32. The molecule has 2 N–H and O–H groups in total. The summed E-state index contributed by atoms with van der Waals surface area (Å²) >= 11 is 6.54. The molecular formula is C26H38ClN3O3. The second kappa shape index (κ2) is 10.7. The van der Waals surface area contributed by atoms with Gasteiger partial charge in [0.1, 0.15) is 0 Å². The molecule has 2 amide bonds. The molecule has 0 radical (unpaired) electrons. The Morgan fingerprint density at radius 3 is 2.58 bits per heavy atom. The summed E-state index contributed by atoms with van der Waals surface area (Å²) in [6.07, 6.45) is 6.33. The number of piperazine rings is 1. The van der Waals surface area contributed by atoms with E-state index in [0.717, 1.165) is 75.2 Å². The molecule has 3 atom stereocenters. The Hall–Kier alpha value is -1.63. The molecule has 1 aliphatic carbocycles. The molecule has 2 aliphatic heterocycles. The number of halogens is 1. The van der Waals surface area contributed by atoms with Crippen molar-refractivity contribution in [3.05, 3.63) is 33.8 Å². The molecule has 3 fully saturated rings. The highest BCUT2D eigenvalue weighted by Crippen LogP contribution is 2.36. The van der Waals surface area contributed by atoms with Gasteiger partial charge in [-0.15, -0.1) is 0 Å². The van der Waals surface area contributed by atoms with Gasteiger partial charge in [0.2, 0.25) is 11.8 Å². The van der Waals surface area contributed by atoms with Crippen LogP contribution < -0.4 is 5.73 Å². The van der Waals surface area contributed by atoms with Gasteiger partial charge in [0, 0.05) is 49.8 Å². The van der Waals surface area contributed by atoms with Crippen molar-refractivity contribution in [1.29, 1.82) is 0 Å². The van der Waals surface area contributed by atoms with Crippen molar-refractivity contribution in [2.75, 3.05) is 32.8 Å². The van der Waals surface area contributed by atoms with E-state index in [-0.39, 0.29) is 29.7 Å². The lowest BCUT2D eigenvalue weighted by atomic mass is 9.79. The van der Waals surface area contributed by atoms with Gasteiger partial charge in [0.25, 0.3) is 0 Å². The van der Waals surface area contributed by atoms with Crippen LogP contribution in [-0.2, 0) is 20.9 Å². The summed E-state index contributed by atoms with van der Waals surface area (Å²) in [5, 5.41) is 0.636. The summed E-state index contributed by atoms with van der Waals surface area (Å²) in [6.45, 7) is 8.74. The van der Waals surface area contributed by atoms with Gasteiger partial charge < -0.3 is 15.4 Å². The summed E-state index contributed by atoms with van der Waals surface area (Å²) in [4.78, 5) is 29.9. The highest BCUT2D eigenvalue weighted by atomic mass is 35.5. The summed E-state index contributed by atoms with van der Waals surface area (Å²) in [5.74, 6) is -0.0328. The molecule has 2 heterocycles. The lowest BCUT2D eigenvalue weighted by Gasteiger charge is -2.41. The zero-order valence-electron chi connectivity index (χ0n) is 20.0. The first-order chi connectivity index (χ1) is 15.8. The van der Waals surface area contributed by atoms with Crippen molar-refractivity contribution in [3.63, 3.8) is 0 Å². The van der Waals surface area contributed by atoms with Crippen LogP contribution in [0.5, 0.6) is 0 Å². The van der Waals surface area contributed by atoms with Gasteiger partial charge in [0.05, 0.1) is 12.5 Å². The van der Waals surface area contributed by atoms with Crippen LogP contribution in [0.2, 0.25) is 5.02 Å².